The van der Waals surface area contributed by atoms with Crippen molar-refractivity contribution >= 4 is 34.4 Å². The van der Waals surface area contributed by atoms with E-state index in [4.69, 9.17) is 9.47 Å². The zero-order valence-electron chi connectivity index (χ0n) is 19.8. The van der Waals surface area contributed by atoms with Gasteiger partial charge in [0.2, 0.25) is 0 Å². The molecule has 2 N–H and O–H groups in total. The quantitative estimate of drug-likeness (QED) is 0.250. The van der Waals surface area contributed by atoms with E-state index in [-0.39, 0.29) is 11.9 Å². The number of ether oxygens (including phenoxy) is 2. The second-order valence-corrected chi connectivity index (χ2v) is 8.67. The topological polar surface area (TPSA) is 72.5 Å². The minimum absolute atomic E-state index is 0.113. The van der Waals surface area contributed by atoms with Crippen molar-refractivity contribution in [3.63, 3.8) is 0 Å². The molecule has 0 aliphatic heterocycles. The van der Waals surface area contributed by atoms with Gasteiger partial charge in [0.25, 0.3) is 0 Å². The molecule has 0 saturated carbocycles. The van der Waals surface area contributed by atoms with Gasteiger partial charge in [-0.25, -0.2) is 4.79 Å². The summed E-state index contributed by atoms with van der Waals surface area (Å²) in [6, 6.07) is 13.5. The number of benzene rings is 2. The molecular formula is C26H33N3O3S. The first-order chi connectivity index (χ1) is 16.1. The van der Waals surface area contributed by atoms with Crippen LogP contribution in [0.3, 0.4) is 0 Å². The Morgan fingerprint density at radius 2 is 1.94 bits per heavy atom. The SMILES string of the molecule is CCCCCC(CNC(=O)Nc1c(SC)ccc2ncccc12)c1cccc(OC)c1OC. The third kappa shape index (κ3) is 6.11. The van der Waals surface area contributed by atoms with Gasteiger partial charge in [0.15, 0.2) is 11.5 Å². The summed E-state index contributed by atoms with van der Waals surface area (Å²) in [6.07, 6.45) is 8.08. The van der Waals surface area contributed by atoms with Gasteiger partial charge < -0.3 is 20.1 Å². The van der Waals surface area contributed by atoms with Crippen molar-refractivity contribution in [1.29, 1.82) is 0 Å². The number of aromatic nitrogens is 1. The molecule has 0 spiro atoms. The molecule has 3 aromatic rings. The Morgan fingerprint density at radius 1 is 1.09 bits per heavy atom. The number of fused-ring (bicyclic) bond motifs is 1. The fourth-order valence-corrected chi connectivity index (χ4v) is 4.62. The van der Waals surface area contributed by atoms with Gasteiger partial charge in [0, 0.05) is 34.5 Å². The van der Waals surface area contributed by atoms with E-state index in [1.807, 2.05) is 42.7 Å². The van der Waals surface area contributed by atoms with Crippen molar-refractivity contribution < 1.29 is 14.3 Å². The van der Waals surface area contributed by atoms with Crippen molar-refractivity contribution in [3.05, 3.63) is 54.2 Å². The van der Waals surface area contributed by atoms with Crippen LogP contribution in [-0.2, 0) is 0 Å². The Labute approximate surface area is 200 Å². The second-order valence-electron chi connectivity index (χ2n) is 7.82. The van der Waals surface area contributed by atoms with Crippen molar-refractivity contribution in [1.82, 2.24) is 10.3 Å². The molecule has 33 heavy (non-hydrogen) atoms. The number of thioether (sulfide) groups is 1. The minimum Gasteiger partial charge on any atom is -0.493 e. The summed E-state index contributed by atoms with van der Waals surface area (Å²) in [6.45, 7) is 2.69. The van der Waals surface area contributed by atoms with Gasteiger partial charge in [-0.3, -0.25) is 4.98 Å². The van der Waals surface area contributed by atoms with E-state index in [0.29, 0.717) is 12.3 Å². The molecule has 7 heteroatoms. The van der Waals surface area contributed by atoms with Crippen molar-refractivity contribution in [2.75, 3.05) is 32.3 Å². The normalized spacial score (nSPS) is 11.8. The van der Waals surface area contributed by atoms with Crippen LogP contribution in [-0.4, -0.2) is 38.0 Å². The van der Waals surface area contributed by atoms with Crippen molar-refractivity contribution in [2.45, 2.75) is 43.4 Å². The monoisotopic (exact) mass is 467 g/mol. The molecule has 3 rings (SSSR count). The minimum atomic E-state index is -0.232. The lowest BCUT2D eigenvalue weighted by Gasteiger charge is -2.22. The fourth-order valence-electron chi connectivity index (χ4n) is 4.05. The molecule has 1 heterocycles. The molecule has 1 aromatic heterocycles. The summed E-state index contributed by atoms with van der Waals surface area (Å²) >= 11 is 1.60. The highest BCUT2D eigenvalue weighted by Gasteiger charge is 2.20. The molecule has 2 amide bonds. The summed E-state index contributed by atoms with van der Waals surface area (Å²) in [7, 11) is 3.30. The number of nitrogens with zero attached hydrogens (tertiary/aromatic N) is 1. The van der Waals surface area contributed by atoms with Gasteiger partial charge in [-0.05, 0) is 43.0 Å². The van der Waals surface area contributed by atoms with E-state index in [1.54, 1.807) is 32.2 Å². The summed E-state index contributed by atoms with van der Waals surface area (Å²) in [5.74, 6) is 1.54. The van der Waals surface area contributed by atoms with E-state index < -0.39 is 0 Å². The molecule has 0 bridgehead atoms. The number of amides is 2. The largest absolute Gasteiger partial charge is 0.493 e. The Hall–Kier alpha value is -2.93. The number of carbonyl (C=O) groups excluding carboxylic acids is 1. The maximum absolute atomic E-state index is 13.0. The number of unbranched alkanes of at least 4 members (excludes halogenated alkanes) is 2. The van der Waals surface area contributed by atoms with Crippen LogP contribution in [0.5, 0.6) is 11.5 Å². The number of urea groups is 1. The predicted molar refractivity (Wildman–Crippen MR) is 137 cm³/mol. The highest BCUT2D eigenvalue weighted by atomic mass is 32.2. The van der Waals surface area contributed by atoms with Crippen molar-refractivity contribution in [3.8, 4) is 11.5 Å². The fraction of sp³-hybridized carbons (Fsp3) is 0.385. The lowest BCUT2D eigenvalue weighted by atomic mass is 9.92. The molecule has 0 aliphatic rings. The number of anilines is 1. The van der Waals surface area contributed by atoms with E-state index in [0.717, 1.165) is 58.5 Å². The van der Waals surface area contributed by atoms with Gasteiger partial charge in [0.1, 0.15) is 0 Å². The number of rotatable bonds is 11. The van der Waals surface area contributed by atoms with Gasteiger partial charge in [-0.1, -0.05) is 38.3 Å². The average molecular weight is 468 g/mol. The molecule has 6 nitrogen and oxygen atoms in total. The lowest BCUT2D eigenvalue weighted by Crippen LogP contribution is -2.32. The van der Waals surface area contributed by atoms with Gasteiger partial charge in [-0.15, -0.1) is 11.8 Å². The number of hydrogen-bond donors (Lipinski definition) is 2. The molecule has 1 atom stereocenters. The van der Waals surface area contributed by atoms with E-state index in [9.17, 15) is 4.79 Å². The molecule has 0 radical (unpaired) electrons. The van der Waals surface area contributed by atoms with Gasteiger partial charge in [0.05, 0.1) is 25.4 Å². The van der Waals surface area contributed by atoms with Gasteiger partial charge >= 0.3 is 6.03 Å². The van der Waals surface area contributed by atoms with Crippen LogP contribution in [0.15, 0.2) is 53.6 Å². The molecule has 1 unspecified atom stereocenters. The standard InChI is InChI=1S/C26H33N3O3S/c1-5-6-7-10-18(19-11-8-13-22(31-2)25(19)32-3)17-28-26(30)29-24-20-12-9-16-27-21(20)14-15-23(24)33-4/h8-9,11-16,18H,5-7,10,17H2,1-4H3,(H2,28,29,30). The third-order valence-electron chi connectivity index (χ3n) is 5.74. The highest BCUT2D eigenvalue weighted by molar-refractivity contribution is 7.98. The van der Waals surface area contributed by atoms with E-state index in [1.165, 1.54) is 0 Å². The maximum atomic E-state index is 13.0. The van der Waals surface area contributed by atoms with Crippen LogP contribution >= 0.6 is 11.8 Å². The average Bonchev–Trinajstić information content (AvgIpc) is 2.85. The van der Waals surface area contributed by atoms with E-state index >= 15 is 0 Å². The third-order valence-corrected chi connectivity index (χ3v) is 6.52. The van der Waals surface area contributed by atoms with Crippen LogP contribution in [0.25, 0.3) is 10.9 Å². The first kappa shape index (κ1) is 24.7. The number of hydrogen-bond acceptors (Lipinski definition) is 5. The maximum Gasteiger partial charge on any atom is 0.319 e. The Morgan fingerprint density at radius 3 is 2.67 bits per heavy atom. The summed E-state index contributed by atoms with van der Waals surface area (Å²) in [4.78, 5) is 18.4. The first-order valence-electron chi connectivity index (χ1n) is 11.3. The van der Waals surface area contributed by atoms with Gasteiger partial charge in [-0.2, -0.15) is 0 Å². The number of nitrogens with one attached hydrogen (secondary N) is 2. The molecule has 0 aliphatic carbocycles. The molecule has 0 fully saturated rings. The Balaban J connectivity index is 1.79. The first-order valence-corrected chi connectivity index (χ1v) is 12.5. The second kappa shape index (κ2) is 12.3. The number of methoxy groups -OCH3 is 2. The van der Waals surface area contributed by atoms with Crippen molar-refractivity contribution in [2.24, 2.45) is 0 Å². The number of para-hydroxylation sites is 1. The summed E-state index contributed by atoms with van der Waals surface area (Å²) < 4.78 is 11.2. The van der Waals surface area contributed by atoms with Crippen LogP contribution in [0.4, 0.5) is 10.5 Å². The van der Waals surface area contributed by atoms with Crippen LogP contribution < -0.4 is 20.1 Å². The Bertz CT molecular complexity index is 1070. The zero-order valence-corrected chi connectivity index (χ0v) is 20.6. The van der Waals surface area contributed by atoms with Crippen LogP contribution in [0, 0.1) is 0 Å². The predicted octanol–water partition coefficient (Wildman–Crippen LogP) is 6.46. The van der Waals surface area contributed by atoms with E-state index in [2.05, 4.69) is 28.6 Å². The molecular weight excluding hydrogens is 434 g/mol. The Kier molecular flexibility index (Phi) is 9.24. The van der Waals surface area contributed by atoms with Crippen LogP contribution in [0.2, 0.25) is 0 Å². The zero-order chi connectivity index (χ0) is 23.6. The smallest absolute Gasteiger partial charge is 0.319 e. The molecule has 2 aromatic carbocycles. The lowest BCUT2D eigenvalue weighted by molar-refractivity contribution is 0.251. The molecule has 0 saturated heterocycles. The number of carbonyl (C=O) groups is 1. The van der Waals surface area contributed by atoms with Crippen LogP contribution in [0.1, 0.15) is 44.1 Å². The summed E-state index contributed by atoms with van der Waals surface area (Å²) in [5.41, 5.74) is 2.68. The number of pyridine rings is 1. The summed E-state index contributed by atoms with van der Waals surface area (Å²) in [5, 5.41) is 7.07. The molecule has 176 valence electrons. The highest BCUT2D eigenvalue weighted by Crippen LogP contribution is 2.37.